The second kappa shape index (κ2) is 6.42. The van der Waals surface area contributed by atoms with Crippen LogP contribution in [0.15, 0.2) is 42.5 Å². The van der Waals surface area contributed by atoms with Crippen LogP contribution in [0.2, 0.25) is 5.02 Å². The quantitative estimate of drug-likeness (QED) is 0.621. The van der Waals surface area contributed by atoms with Crippen molar-refractivity contribution in [2.24, 2.45) is 0 Å². The van der Waals surface area contributed by atoms with Crippen LogP contribution in [0, 0.1) is 6.92 Å². The number of rotatable bonds is 5. The van der Waals surface area contributed by atoms with Crippen LogP contribution in [0.4, 0.5) is 5.69 Å². The fraction of sp³-hybridized carbons (Fsp3) is 0.222. The maximum atomic E-state index is 12.1. The highest BCUT2D eigenvalue weighted by Crippen LogP contribution is 2.31. The van der Waals surface area contributed by atoms with Crippen molar-refractivity contribution < 1.29 is 14.3 Å². The van der Waals surface area contributed by atoms with E-state index in [2.05, 4.69) is 0 Å². The lowest BCUT2D eigenvalue weighted by Gasteiger charge is -2.16. The molecule has 0 aliphatic carbocycles. The number of ether oxygens (including phenoxy) is 1. The molecule has 0 fully saturated rings. The van der Waals surface area contributed by atoms with Gasteiger partial charge in [0.05, 0.1) is 17.9 Å². The summed E-state index contributed by atoms with van der Waals surface area (Å²) in [6.45, 7) is 2.92. The second-order valence-electron chi connectivity index (χ2n) is 5.47. The molecule has 0 aromatic heterocycles. The smallest absolute Gasteiger partial charge is 0.299 e. The van der Waals surface area contributed by atoms with Gasteiger partial charge in [-0.1, -0.05) is 23.7 Å². The van der Waals surface area contributed by atoms with E-state index < -0.39 is 11.7 Å². The summed E-state index contributed by atoms with van der Waals surface area (Å²) in [5, 5.41) is 0.453. The first-order valence-electron chi connectivity index (χ1n) is 7.41. The Morgan fingerprint density at radius 2 is 1.96 bits per heavy atom. The maximum Gasteiger partial charge on any atom is 0.299 e. The summed E-state index contributed by atoms with van der Waals surface area (Å²) >= 11 is 5.89. The predicted octanol–water partition coefficient (Wildman–Crippen LogP) is 3.65. The first-order valence-corrected chi connectivity index (χ1v) is 7.79. The molecular formula is C18H16ClNO3. The van der Waals surface area contributed by atoms with Gasteiger partial charge in [-0.3, -0.25) is 9.59 Å². The van der Waals surface area contributed by atoms with Gasteiger partial charge >= 0.3 is 0 Å². The minimum Gasteiger partial charge on any atom is -0.494 e. The molecule has 0 N–H and O–H groups in total. The molecule has 0 saturated carbocycles. The van der Waals surface area contributed by atoms with Crippen molar-refractivity contribution in [2.75, 3.05) is 18.1 Å². The number of hydrogen-bond acceptors (Lipinski definition) is 3. The molecule has 0 saturated heterocycles. The number of benzene rings is 2. The van der Waals surface area contributed by atoms with E-state index in [1.165, 1.54) is 4.90 Å². The van der Waals surface area contributed by atoms with Crippen molar-refractivity contribution in [1.82, 2.24) is 0 Å². The molecule has 0 atom stereocenters. The van der Waals surface area contributed by atoms with Gasteiger partial charge in [0.25, 0.3) is 11.7 Å². The zero-order chi connectivity index (χ0) is 16.4. The average molecular weight is 330 g/mol. The zero-order valence-corrected chi connectivity index (χ0v) is 13.5. The van der Waals surface area contributed by atoms with E-state index in [0.29, 0.717) is 35.8 Å². The lowest BCUT2D eigenvalue weighted by Crippen LogP contribution is -2.31. The van der Waals surface area contributed by atoms with E-state index in [-0.39, 0.29) is 0 Å². The Balaban J connectivity index is 1.61. The van der Waals surface area contributed by atoms with Crippen molar-refractivity contribution in [3.8, 4) is 5.75 Å². The molecule has 0 unspecified atom stereocenters. The number of nitrogens with zero attached hydrogens (tertiary/aromatic N) is 1. The van der Waals surface area contributed by atoms with Gasteiger partial charge in [-0.25, -0.2) is 0 Å². The van der Waals surface area contributed by atoms with Crippen LogP contribution in [0.5, 0.6) is 5.75 Å². The first kappa shape index (κ1) is 15.6. The Bertz CT molecular complexity index is 773. The Kier molecular flexibility index (Phi) is 4.35. The summed E-state index contributed by atoms with van der Waals surface area (Å²) in [5.74, 6) is -0.194. The minimum atomic E-state index is -0.502. The van der Waals surface area contributed by atoms with Crippen molar-refractivity contribution in [3.63, 3.8) is 0 Å². The molecule has 2 aromatic rings. The van der Waals surface area contributed by atoms with Gasteiger partial charge in [-0.05, 0) is 49.2 Å². The van der Waals surface area contributed by atoms with Crippen molar-refractivity contribution in [1.29, 1.82) is 0 Å². The third-order valence-corrected chi connectivity index (χ3v) is 3.95. The highest BCUT2D eigenvalue weighted by atomic mass is 35.5. The van der Waals surface area contributed by atoms with Crippen molar-refractivity contribution in [3.05, 3.63) is 58.6 Å². The van der Waals surface area contributed by atoms with Crippen molar-refractivity contribution in [2.45, 2.75) is 13.3 Å². The standard InChI is InChI=1S/C18H16ClNO3/c1-12-4-2-5-14(10-12)23-9-3-8-20-16-7-6-13(19)11-15(16)17(21)18(20)22/h2,4-7,10-11H,3,8-9H2,1H3. The Morgan fingerprint density at radius 3 is 2.74 bits per heavy atom. The summed E-state index contributed by atoms with van der Waals surface area (Å²) in [4.78, 5) is 25.5. The van der Waals surface area contributed by atoms with Crippen molar-refractivity contribution >= 4 is 29.0 Å². The topological polar surface area (TPSA) is 46.6 Å². The summed E-state index contributed by atoms with van der Waals surface area (Å²) in [6.07, 6.45) is 0.634. The molecule has 1 amide bonds. The van der Waals surface area contributed by atoms with Crippen LogP contribution < -0.4 is 9.64 Å². The number of aryl methyl sites for hydroxylation is 1. The maximum absolute atomic E-state index is 12.1. The van der Waals surface area contributed by atoms with Gasteiger partial charge in [-0.2, -0.15) is 0 Å². The van der Waals surface area contributed by atoms with Crippen LogP contribution in [0.1, 0.15) is 22.3 Å². The van der Waals surface area contributed by atoms with Gasteiger partial charge < -0.3 is 9.64 Å². The number of carbonyl (C=O) groups is 2. The van der Waals surface area contributed by atoms with E-state index in [9.17, 15) is 9.59 Å². The number of ketones is 1. The monoisotopic (exact) mass is 329 g/mol. The number of hydrogen-bond donors (Lipinski definition) is 0. The molecule has 4 nitrogen and oxygen atoms in total. The molecule has 2 aromatic carbocycles. The largest absolute Gasteiger partial charge is 0.494 e. The van der Waals surface area contributed by atoms with E-state index in [0.717, 1.165) is 11.3 Å². The zero-order valence-electron chi connectivity index (χ0n) is 12.7. The molecule has 1 aliphatic rings. The lowest BCUT2D eigenvalue weighted by molar-refractivity contribution is -0.114. The molecule has 3 rings (SSSR count). The second-order valence-corrected chi connectivity index (χ2v) is 5.90. The number of carbonyl (C=O) groups excluding carboxylic acids is 2. The summed E-state index contributed by atoms with van der Waals surface area (Å²) in [5.41, 5.74) is 2.13. The average Bonchev–Trinajstić information content (AvgIpc) is 2.76. The van der Waals surface area contributed by atoms with Crippen LogP contribution >= 0.6 is 11.6 Å². The number of fused-ring (bicyclic) bond motifs is 1. The Hall–Kier alpha value is -2.33. The Labute approximate surface area is 139 Å². The van der Waals surface area contributed by atoms with Crippen LogP contribution in [-0.2, 0) is 4.79 Å². The van der Waals surface area contributed by atoms with E-state index in [1.54, 1.807) is 18.2 Å². The summed E-state index contributed by atoms with van der Waals surface area (Å²) in [7, 11) is 0. The van der Waals surface area contributed by atoms with Gasteiger partial charge in [0.2, 0.25) is 0 Å². The SMILES string of the molecule is Cc1cccc(OCCCN2C(=O)C(=O)c3cc(Cl)ccc32)c1. The molecule has 0 spiro atoms. The molecule has 0 bridgehead atoms. The molecule has 23 heavy (non-hydrogen) atoms. The van der Waals surface area contributed by atoms with Gasteiger partial charge in [-0.15, -0.1) is 0 Å². The molecular weight excluding hydrogens is 314 g/mol. The Morgan fingerprint density at radius 1 is 1.13 bits per heavy atom. The minimum absolute atomic E-state index is 0.377. The van der Waals surface area contributed by atoms with Gasteiger partial charge in [0, 0.05) is 11.6 Å². The lowest BCUT2D eigenvalue weighted by atomic mass is 10.1. The molecule has 5 heteroatoms. The van der Waals surface area contributed by atoms with E-state index >= 15 is 0 Å². The van der Waals surface area contributed by atoms with E-state index in [4.69, 9.17) is 16.3 Å². The third kappa shape index (κ3) is 3.22. The molecule has 1 aliphatic heterocycles. The molecule has 0 radical (unpaired) electrons. The summed E-state index contributed by atoms with van der Waals surface area (Å²) in [6, 6.07) is 12.7. The van der Waals surface area contributed by atoms with Crippen LogP contribution in [0.3, 0.4) is 0 Å². The summed E-state index contributed by atoms with van der Waals surface area (Å²) < 4.78 is 5.67. The number of Topliss-reactive ketones (excluding diaryl/α,β-unsaturated/α-hetero) is 1. The fourth-order valence-electron chi connectivity index (χ4n) is 2.61. The molecule has 118 valence electrons. The number of amides is 1. The molecule has 1 heterocycles. The van der Waals surface area contributed by atoms with Crippen LogP contribution in [-0.4, -0.2) is 24.8 Å². The van der Waals surface area contributed by atoms with Crippen LogP contribution in [0.25, 0.3) is 0 Å². The highest BCUT2D eigenvalue weighted by Gasteiger charge is 2.35. The van der Waals surface area contributed by atoms with E-state index in [1.807, 2.05) is 31.2 Å². The fourth-order valence-corrected chi connectivity index (χ4v) is 2.78. The third-order valence-electron chi connectivity index (χ3n) is 3.72. The highest BCUT2D eigenvalue weighted by molar-refractivity contribution is 6.52. The van der Waals surface area contributed by atoms with Gasteiger partial charge in [0.15, 0.2) is 0 Å². The number of anilines is 1. The first-order chi connectivity index (χ1) is 11.1. The van der Waals surface area contributed by atoms with Gasteiger partial charge in [0.1, 0.15) is 5.75 Å². The normalized spacial score (nSPS) is 13.4. The number of halogens is 1. The predicted molar refractivity (Wildman–Crippen MR) is 89.4 cm³/mol.